The van der Waals surface area contributed by atoms with Gasteiger partial charge < -0.3 is 10.2 Å². The van der Waals surface area contributed by atoms with Crippen molar-refractivity contribution in [3.8, 4) is 6.07 Å². The third-order valence-electron chi connectivity index (χ3n) is 3.86. The molecule has 6 heteroatoms. The van der Waals surface area contributed by atoms with Gasteiger partial charge in [-0.25, -0.2) is 0 Å². The molecular weight excluding hydrogens is 279 g/mol. The molecule has 1 heterocycles. The summed E-state index contributed by atoms with van der Waals surface area (Å²) in [6.07, 6.45) is -2.56. The molecule has 0 bridgehead atoms. The fourth-order valence-electron chi connectivity index (χ4n) is 2.55. The monoisotopic (exact) mass is 297 g/mol. The predicted octanol–water partition coefficient (Wildman–Crippen LogP) is 3.47. The summed E-state index contributed by atoms with van der Waals surface area (Å²) in [6.45, 7) is 5.06. The van der Waals surface area contributed by atoms with Gasteiger partial charge in [-0.05, 0) is 37.6 Å². The van der Waals surface area contributed by atoms with Crippen molar-refractivity contribution >= 4 is 5.69 Å². The molecule has 1 saturated heterocycles. The second-order valence-corrected chi connectivity index (χ2v) is 5.22. The fourth-order valence-corrected chi connectivity index (χ4v) is 2.55. The molecule has 3 nitrogen and oxygen atoms in total. The number of hydrogen-bond donors (Lipinski definition) is 1. The van der Waals surface area contributed by atoms with Crippen molar-refractivity contribution in [2.75, 3.05) is 25.0 Å². The molecule has 114 valence electrons. The Labute approximate surface area is 122 Å². The molecule has 0 unspecified atom stereocenters. The number of benzene rings is 1. The molecule has 0 aliphatic carbocycles. The molecule has 1 aliphatic rings. The number of likely N-dealkylation sites (tertiary alicyclic amines) is 1. The Morgan fingerprint density at radius 1 is 1.33 bits per heavy atom. The van der Waals surface area contributed by atoms with Crippen molar-refractivity contribution in [3.63, 3.8) is 0 Å². The Hall–Kier alpha value is -1.74. The van der Waals surface area contributed by atoms with Gasteiger partial charge in [0.25, 0.3) is 0 Å². The lowest BCUT2D eigenvalue weighted by molar-refractivity contribution is -0.137. The van der Waals surface area contributed by atoms with Crippen LogP contribution in [0.1, 0.15) is 30.9 Å². The van der Waals surface area contributed by atoms with Crippen LogP contribution in [0.2, 0.25) is 0 Å². The zero-order valence-electron chi connectivity index (χ0n) is 11.9. The largest absolute Gasteiger partial charge is 0.416 e. The zero-order valence-corrected chi connectivity index (χ0v) is 11.9. The van der Waals surface area contributed by atoms with E-state index in [2.05, 4.69) is 17.1 Å². The van der Waals surface area contributed by atoms with E-state index < -0.39 is 11.7 Å². The second-order valence-electron chi connectivity index (χ2n) is 5.22. The predicted molar refractivity (Wildman–Crippen MR) is 74.9 cm³/mol. The van der Waals surface area contributed by atoms with Gasteiger partial charge in [-0.3, -0.25) is 0 Å². The first-order chi connectivity index (χ1) is 9.94. The van der Waals surface area contributed by atoms with E-state index in [0.29, 0.717) is 5.69 Å². The van der Waals surface area contributed by atoms with Crippen LogP contribution in [0, 0.1) is 11.3 Å². The van der Waals surface area contributed by atoms with Gasteiger partial charge in [0.15, 0.2) is 0 Å². The van der Waals surface area contributed by atoms with Gasteiger partial charge in [0, 0.05) is 19.1 Å². The van der Waals surface area contributed by atoms with E-state index in [1.165, 1.54) is 6.07 Å². The number of nitrogens with one attached hydrogen (secondary N) is 1. The average molecular weight is 297 g/mol. The van der Waals surface area contributed by atoms with E-state index in [-0.39, 0.29) is 11.6 Å². The number of hydrogen-bond acceptors (Lipinski definition) is 3. The van der Waals surface area contributed by atoms with E-state index >= 15 is 0 Å². The van der Waals surface area contributed by atoms with Gasteiger partial charge in [-0.2, -0.15) is 18.4 Å². The highest BCUT2D eigenvalue weighted by Crippen LogP contribution is 2.32. The first-order valence-electron chi connectivity index (χ1n) is 7.04. The van der Waals surface area contributed by atoms with Gasteiger partial charge in [0.05, 0.1) is 16.8 Å². The Morgan fingerprint density at radius 3 is 2.52 bits per heavy atom. The van der Waals surface area contributed by atoms with Crippen LogP contribution in [0.15, 0.2) is 18.2 Å². The SMILES string of the molecule is CCN1CCC(Nc2ccc(C(F)(F)F)cc2C#N)CC1. The molecule has 0 radical (unpaired) electrons. The Morgan fingerprint density at radius 2 is 2.00 bits per heavy atom. The number of anilines is 1. The van der Waals surface area contributed by atoms with Gasteiger partial charge in [0.1, 0.15) is 6.07 Å². The molecule has 0 amide bonds. The fraction of sp³-hybridized carbons (Fsp3) is 0.533. The standard InChI is InChI=1S/C15H18F3N3/c1-2-21-7-5-13(6-8-21)20-14-4-3-12(15(16,17)18)9-11(14)10-19/h3-4,9,13,20H,2,5-8H2,1H3. The third-order valence-corrected chi connectivity index (χ3v) is 3.86. The van der Waals surface area contributed by atoms with Gasteiger partial charge in [-0.1, -0.05) is 6.92 Å². The first-order valence-corrected chi connectivity index (χ1v) is 7.04. The van der Waals surface area contributed by atoms with Crippen molar-refractivity contribution in [2.45, 2.75) is 32.0 Å². The average Bonchev–Trinajstić information content (AvgIpc) is 2.47. The summed E-state index contributed by atoms with van der Waals surface area (Å²) < 4.78 is 37.9. The molecule has 2 rings (SSSR count). The smallest absolute Gasteiger partial charge is 0.381 e. The molecule has 1 N–H and O–H groups in total. The molecule has 1 aromatic carbocycles. The van der Waals surface area contributed by atoms with E-state index in [9.17, 15) is 13.2 Å². The minimum atomic E-state index is -4.42. The number of rotatable bonds is 3. The summed E-state index contributed by atoms with van der Waals surface area (Å²) >= 11 is 0. The maximum atomic E-state index is 12.6. The molecule has 0 aromatic heterocycles. The minimum Gasteiger partial charge on any atom is -0.381 e. The second kappa shape index (κ2) is 6.35. The van der Waals surface area contributed by atoms with Crippen molar-refractivity contribution in [3.05, 3.63) is 29.3 Å². The van der Waals surface area contributed by atoms with Crippen LogP contribution >= 0.6 is 0 Å². The van der Waals surface area contributed by atoms with Crippen LogP contribution in [0.4, 0.5) is 18.9 Å². The Kier molecular flexibility index (Phi) is 4.73. The van der Waals surface area contributed by atoms with Crippen molar-refractivity contribution < 1.29 is 13.2 Å². The minimum absolute atomic E-state index is 0.0442. The highest BCUT2D eigenvalue weighted by atomic mass is 19.4. The molecule has 1 fully saturated rings. The number of alkyl halides is 3. The molecular formula is C15H18F3N3. The van der Waals surface area contributed by atoms with Crippen molar-refractivity contribution in [1.29, 1.82) is 5.26 Å². The number of piperidine rings is 1. The van der Waals surface area contributed by atoms with E-state index in [0.717, 1.165) is 44.6 Å². The van der Waals surface area contributed by atoms with Crippen molar-refractivity contribution in [2.24, 2.45) is 0 Å². The lowest BCUT2D eigenvalue weighted by atomic mass is 10.0. The zero-order chi connectivity index (χ0) is 15.5. The van der Waals surface area contributed by atoms with Crippen LogP contribution in [0.5, 0.6) is 0 Å². The molecule has 0 atom stereocenters. The molecule has 21 heavy (non-hydrogen) atoms. The number of nitrogens with zero attached hydrogens (tertiary/aromatic N) is 2. The van der Waals surface area contributed by atoms with E-state index in [1.807, 2.05) is 6.07 Å². The highest BCUT2D eigenvalue weighted by molar-refractivity contribution is 5.59. The number of halogens is 3. The summed E-state index contributed by atoms with van der Waals surface area (Å²) in [6, 6.07) is 5.33. The first kappa shape index (κ1) is 15.6. The van der Waals surface area contributed by atoms with Gasteiger partial charge in [-0.15, -0.1) is 0 Å². The van der Waals surface area contributed by atoms with Crippen molar-refractivity contribution in [1.82, 2.24) is 4.90 Å². The maximum Gasteiger partial charge on any atom is 0.416 e. The van der Waals surface area contributed by atoms with Crippen LogP contribution in [-0.2, 0) is 6.18 Å². The lowest BCUT2D eigenvalue weighted by Gasteiger charge is -2.32. The van der Waals surface area contributed by atoms with Crippen LogP contribution < -0.4 is 5.32 Å². The maximum absolute atomic E-state index is 12.6. The Balaban J connectivity index is 2.09. The highest BCUT2D eigenvalue weighted by Gasteiger charge is 2.31. The van der Waals surface area contributed by atoms with Gasteiger partial charge in [0.2, 0.25) is 0 Å². The lowest BCUT2D eigenvalue weighted by Crippen LogP contribution is -2.38. The summed E-state index contributed by atoms with van der Waals surface area (Å²) in [5, 5.41) is 12.3. The molecule has 1 aliphatic heterocycles. The molecule has 0 spiro atoms. The van der Waals surface area contributed by atoms with E-state index in [1.54, 1.807) is 0 Å². The van der Waals surface area contributed by atoms with Gasteiger partial charge >= 0.3 is 6.18 Å². The van der Waals surface area contributed by atoms with Crippen LogP contribution in [0.25, 0.3) is 0 Å². The number of nitriles is 1. The molecule has 1 aromatic rings. The summed E-state index contributed by atoms with van der Waals surface area (Å²) in [5.41, 5.74) is -0.256. The third kappa shape index (κ3) is 3.88. The van der Waals surface area contributed by atoms with Crippen LogP contribution in [0.3, 0.4) is 0 Å². The normalized spacial score (nSPS) is 17.5. The summed E-state index contributed by atoms with van der Waals surface area (Å²) in [7, 11) is 0. The van der Waals surface area contributed by atoms with Crippen LogP contribution in [-0.4, -0.2) is 30.6 Å². The van der Waals surface area contributed by atoms with E-state index in [4.69, 9.17) is 5.26 Å². The summed E-state index contributed by atoms with van der Waals surface area (Å²) in [5.74, 6) is 0. The molecule has 0 saturated carbocycles. The summed E-state index contributed by atoms with van der Waals surface area (Å²) in [4.78, 5) is 2.33. The Bertz CT molecular complexity index is 526. The quantitative estimate of drug-likeness (QED) is 0.928. The topological polar surface area (TPSA) is 39.1 Å².